The van der Waals surface area contributed by atoms with Crippen molar-refractivity contribution in [2.75, 3.05) is 6.61 Å². The molecule has 3 nitrogen and oxygen atoms in total. The SMILES string of the molecule is CC1=C(C)C(=O)O1.CCC1CCO1. The Morgan fingerprint density at radius 2 is 2.08 bits per heavy atom. The molecule has 0 spiro atoms. The average molecular weight is 184 g/mol. The summed E-state index contributed by atoms with van der Waals surface area (Å²) in [6.45, 7) is 6.68. The van der Waals surface area contributed by atoms with Crippen LogP contribution < -0.4 is 0 Å². The van der Waals surface area contributed by atoms with Crippen molar-refractivity contribution in [3.05, 3.63) is 11.3 Å². The predicted molar refractivity (Wildman–Crippen MR) is 49.1 cm³/mol. The second-order valence-electron chi connectivity index (χ2n) is 3.26. The van der Waals surface area contributed by atoms with E-state index < -0.39 is 0 Å². The molecule has 0 bridgehead atoms. The van der Waals surface area contributed by atoms with Crippen LogP contribution in [0.4, 0.5) is 0 Å². The van der Waals surface area contributed by atoms with Crippen LogP contribution in [0.3, 0.4) is 0 Å². The van der Waals surface area contributed by atoms with Gasteiger partial charge in [0.15, 0.2) is 0 Å². The summed E-state index contributed by atoms with van der Waals surface area (Å²) in [5.41, 5.74) is 0.750. The molecule has 0 saturated carbocycles. The highest BCUT2D eigenvalue weighted by Gasteiger charge is 2.20. The molecule has 1 atom stereocenters. The molecule has 0 amide bonds. The van der Waals surface area contributed by atoms with Crippen LogP contribution in [0.15, 0.2) is 11.3 Å². The Kier molecular flexibility index (Phi) is 3.48. The van der Waals surface area contributed by atoms with E-state index in [0.29, 0.717) is 6.10 Å². The van der Waals surface area contributed by atoms with E-state index in [1.807, 2.05) is 0 Å². The standard InChI is InChI=1S/C5H6O2.C5H10O/c1-3-4(2)7-5(3)6;1-2-5-3-4-6-5/h1-2H3;5H,2-4H2,1H3. The number of esters is 1. The van der Waals surface area contributed by atoms with E-state index >= 15 is 0 Å². The molecule has 2 heterocycles. The molecule has 0 radical (unpaired) electrons. The summed E-state index contributed by atoms with van der Waals surface area (Å²) in [5.74, 6) is 0.572. The number of cyclic esters (lactones) is 1. The topological polar surface area (TPSA) is 35.5 Å². The zero-order chi connectivity index (χ0) is 9.84. The fourth-order valence-corrected chi connectivity index (χ4v) is 0.996. The van der Waals surface area contributed by atoms with E-state index in [-0.39, 0.29) is 5.97 Å². The van der Waals surface area contributed by atoms with Gasteiger partial charge in [0, 0.05) is 6.61 Å². The fraction of sp³-hybridized carbons (Fsp3) is 0.700. The first-order chi connectivity index (χ1) is 6.15. The van der Waals surface area contributed by atoms with Crippen LogP contribution in [0.1, 0.15) is 33.6 Å². The molecule has 1 fully saturated rings. The minimum absolute atomic E-state index is 0.183. The van der Waals surface area contributed by atoms with E-state index in [4.69, 9.17) is 4.74 Å². The molecule has 1 unspecified atom stereocenters. The zero-order valence-corrected chi connectivity index (χ0v) is 8.42. The summed E-state index contributed by atoms with van der Waals surface area (Å²) < 4.78 is 9.57. The molecule has 2 rings (SSSR count). The van der Waals surface area contributed by atoms with Gasteiger partial charge in [0.1, 0.15) is 5.76 Å². The van der Waals surface area contributed by atoms with Gasteiger partial charge in [-0.3, -0.25) is 0 Å². The monoisotopic (exact) mass is 184 g/mol. The summed E-state index contributed by atoms with van der Waals surface area (Å²) in [6, 6.07) is 0. The number of carbonyl (C=O) groups is 1. The number of allylic oxidation sites excluding steroid dienone is 1. The second kappa shape index (κ2) is 4.42. The lowest BCUT2D eigenvalue weighted by molar-refractivity contribution is -0.140. The summed E-state index contributed by atoms with van der Waals surface area (Å²) in [5, 5.41) is 0. The van der Waals surface area contributed by atoms with Gasteiger partial charge in [-0.1, -0.05) is 6.92 Å². The first-order valence-corrected chi connectivity index (χ1v) is 4.66. The summed E-state index contributed by atoms with van der Waals surface area (Å²) in [6.07, 6.45) is 3.10. The van der Waals surface area contributed by atoms with Gasteiger partial charge in [0.2, 0.25) is 0 Å². The molecule has 0 N–H and O–H groups in total. The first kappa shape index (κ1) is 10.3. The van der Waals surface area contributed by atoms with Crippen molar-refractivity contribution >= 4 is 5.97 Å². The van der Waals surface area contributed by atoms with Crippen molar-refractivity contribution in [2.45, 2.75) is 39.7 Å². The molecule has 13 heavy (non-hydrogen) atoms. The summed E-state index contributed by atoms with van der Waals surface area (Å²) >= 11 is 0. The minimum atomic E-state index is -0.183. The van der Waals surface area contributed by atoms with Gasteiger partial charge in [-0.05, 0) is 26.7 Å². The van der Waals surface area contributed by atoms with Crippen LogP contribution in [0.5, 0.6) is 0 Å². The number of hydrogen-bond acceptors (Lipinski definition) is 3. The van der Waals surface area contributed by atoms with Crippen molar-refractivity contribution in [1.29, 1.82) is 0 Å². The van der Waals surface area contributed by atoms with Crippen LogP contribution in [0.2, 0.25) is 0 Å². The summed E-state index contributed by atoms with van der Waals surface area (Å²) in [4.78, 5) is 10.2. The smallest absolute Gasteiger partial charge is 0.342 e. The third kappa shape index (κ3) is 2.56. The largest absolute Gasteiger partial charge is 0.427 e. The lowest BCUT2D eigenvalue weighted by Crippen LogP contribution is -2.25. The Morgan fingerprint density at radius 1 is 1.46 bits per heavy atom. The number of hydrogen-bond donors (Lipinski definition) is 0. The van der Waals surface area contributed by atoms with Gasteiger partial charge in [-0.2, -0.15) is 0 Å². The van der Waals surface area contributed by atoms with Gasteiger partial charge < -0.3 is 9.47 Å². The number of rotatable bonds is 1. The normalized spacial score (nSPS) is 25.2. The molecule has 1 saturated heterocycles. The minimum Gasteiger partial charge on any atom is -0.427 e. The maximum Gasteiger partial charge on any atom is 0.342 e. The van der Waals surface area contributed by atoms with Gasteiger partial charge >= 0.3 is 5.97 Å². The van der Waals surface area contributed by atoms with Gasteiger partial charge in [-0.25, -0.2) is 4.79 Å². The molecule has 3 heteroatoms. The van der Waals surface area contributed by atoms with Crippen LogP contribution in [-0.4, -0.2) is 18.7 Å². The zero-order valence-electron chi connectivity index (χ0n) is 8.42. The molecule has 0 aliphatic carbocycles. The van der Waals surface area contributed by atoms with Crippen LogP contribution >= 0.6 is 0 Å². The van der Waals surface area contributed by atoms with Crippen LogP contribution in [-0.2, 0) is 14.3 Å². The van der Waals surface area contributed by atoms with E-state index in [1.165, 1.54) is 12.8 Å². The number of ether oxygens (including phenoxy) is 2. The average Bonchev–Trinajstić information content (AvgIpc) is 2.04. The van der Waals surface area contributed by atoms with Crippen molar-refractivity contribution in [2.24, 2.45) is 0 Å². The van der Waals surface area contributed by atoms with Crippen molar-refractivity contribution in [1.82, 2.24) is 0 Å². The Balaban J connectivity index is 0.000000132. The maximum absolute atomic E-state index is 10.2. The van der Waals surface area contributed by atoms with Gasteiger partial charge in [0.25, 0.3) is 0 Å². The molecule has 0 aromatic heterocycles. The van der Waals surface area contributed by atoms with Crippen molar-refractivity contribution < 1.29 is 14.3 Å². The van der Waals surface area contributed by atoms with Crippen LogP contribution in [0, 0.1) is 0 Å². The van der Waals surface area contributed by atoms with E-state index in [9.17, 15) is 4.79 Å². The fourth-order valence-electron chi connectivity index (χ4n) is 0.996. The lowest BCUT2D eigenvalue weighted by Gasteiger charge is -2.24. The molecule has 2 aliphatic heterocycles. The second-order valence-corrected chi connectivity index (χ2v) is 3.26. The first-order valence-electron chi connectivity index (χ1n) is 4.66. The molecular formula is C10H16O3. The summed E-state index contributed by atoms with van der Waals surface area (Å²) in [7, 11) is 0. The molecule has 74 valence electrons. The predicted octanol–water partition coefficient (Wildman–Crippen LogP) is 2.02. The highest BCUT2D eigenvalue weighted by molar-refractivity contribution is 5.94. The Labute approximate surface area is 78.7 Å². The Hall–Kier alpha value is -0.830. The lowest BCUT2D eigenvalue weighted by atomic mass is 10.1. The van der Waals surface area contributed by atoms with Crippen molar-refractivity contribution in [3.63, 3.8) is 0 Å². The number of carbonyl (C=O) groups excluding carboxylic acids is 1. The molecule has 0 aromatic rings. The van der Waals surface area contributed by atoms with E-state index in [0.717, 1.165) is 17.9 Å². The highest BCUT2D eigenvalue weighted by atomic mass is 16.6. The Morgan fingerprint density at radius 3 is 2.08 bits per heavy atom. The third-order valence-electron chi connectivity index (χ3n) is 2.33. The van der Waals surface area contributed by atoms with Crippen LogP contribution in [0.25, 0.3) is 0 Å². The highest BCUT2D eigenvalue weighted by Crippen LogP contribution is 2.17. The Bertz CT molecular complexity index is 224. The molecular weight excluding hydrogens is 168 g/mol. The van der Waals surface area contributed by atoms with Crippen molar-refractivity contribution in [3.8, 4) is 0 Å². The van der Waals surface area contributed by atoms with Gasteiger partial charge in [0.05, 0.1) is 11.7 Å². The quantitative estimate of drug-likeness (QED) is 0.585. The van der Waals surface area contributed by atoms with Gasteiger partial charge in [-0.15, -0.1) is 0 Å². The molecule has 0 aromatic carbocycles. The maximum atomic E-state index is 10.2. The molecule has 2 aliphatic rings. The van der Waals surface area contributed by atoms with E-state index in [2.05, 4.69) is 11.7 Å². The van der Waals surface area contributed by atoms with E-state index in [1.54, 1.807) is 13.8 Å². The third-order valence-corrected chi connectivity index (χ3v) is 2.33.